The Balaban J connectivity index is 1.93. The highest BCUT2D eigenvalue weighted by molar-refractivity contribution is 7.99. The van der Waals surface area contributed by atoms with Crippen molar-refractivity contribution >= 4 is 11.8 Å². The molecule has 0 saturated heterocycles. The Hall–Kier alpha value is 0.01000. The summed E-state index contributed by atoms with van der Waals surface area (Å²) in [6.45, 7) is 4.82. The van der Waals surface area contributed by atoms with Gasteiger partial charge in [0.25, 0.3) is 0 Å². The van der Waals surface area contributed by atoms with Crippen molar-refractivity contribution in [3.05, 3.63) is 12.7 Å². The number of nitrogens with two attached hydrogens (primary N) is 1. The van der Waals surface area contributed by atoms with E-state index in [1.54, 1.807) is 0 Å². The number of rotatable bonds is 6. The summed E-state index contributed by atoms with van der Waals surface area (Å²) in [6, 6.07) is 1.18. The van der Waals surface area contributed by atoms with Crippen LogP contribution in [0, 0.1) is 0 Å². The van der Waals surface area contributed by atoms with Gasteiger partial charge in [-0.05, 0) is 25.7 Å². The van der Waals surface area contributed by atoms with Gasteiger partial charge >= 0.3 is 0 Å². The van der Waals surface area contributed by atoms with Gasteiger partial charge in [0.1, 0.15) is 0 Å². The molecule has 1 fully saturated rings. The van der Waals surface area contributed by atoms with Crippen LogP contribution in [0.15, 0.2) is 12.7 Å². The van der Waals surface area contributed by atoms with Crippen molar-refractivity contribution in [3.63, 3.8) is 0 Å². The van der Waals surface area contributed by atoms with Crippen molar-refractivity contribution in [1.82, 2.24) is 5.32 Å². The van der Waals surface area contributed by atoms with Gasteiger partial charge in [-0.25, -0.2) is 0 Å². The lowest BCUT2D eigenvalue weighted by Crippen LogP contribution is -2.38. The normalized spacial score (nSPS) is 27.5. The number of hydrogen-bond acceptors (Lipinski definition) is 3. The zero-order chi connectivity index (χ0) is 10.2. The third kappa shape index (κ3) is 5.03. The zero-order valence-electron chi connectivity index (χ0n) is 8.87. The summed E-state index contributed by atoms with van der Waals surface area (Å²) in [5.74, 6) is 2.26. The van der Waals surface area contributed by atoms with Gasteiger partial charge in [0.15, 0.2) is 0 Å². The van der Waals surface area contributed by atoms with E-state index in [1.165, 1.54) is 31.4 Å². The summed E-state index contributed by atoms with van der Waals surface area (Å²) in [7, 11) is 0. The first-order valence-corrected chi connectivity index (χ1v) is 6.66. The van der Waals surface area contributed by atoms with E-state index >= 15 is 0 Å². The van der Waals surface area contributed by atoms with Crippen LogP contribution in [0.4, 0.5) is 0 Å². The van der Waals surface area contributed by atoms with E-state index in [0.29, 0.717) is 6.04 Å². The molecule has 1 rings (SSSR count). The molecule has 0 aromatic rings. The van der Waals surface area contributed by atoms with Gasteiger partial charge in [-0.2, -0.15) is 11.8 Å². The first-order valence-electron chi connectivity index (χ1n) is 5.50. The average molecular weight is 214 g/mol. The van der Waals surface area contributed by atoms with E-state index in [-0.39, 0.29) is 0 Å². The Morgan fingerprint density at radius 2 is 2.07 bits per heavy atom. The summed E-state index contributed by atoms with van der Waals surface area (Å²) in [4.78, 5) is 0. The van der Waals surface area contributed by atoms with Crippen LogP contribution >= 0.6 is 11.8 Å². The maximum atomic E-state index is 5.85. The van der Waals surface area contributed by atoms with Gasteiger partial charge in [-0.3, -0.25) is 0 Å². The fourth-order valence-corrected chi connectivity index (χ4v) is 2.42. The Labute approximate surface area is 91.7 Å². The van der Waals surface area contributed by atoms with Crippen LogP contribution in [0.5, 0.6) is 0 Å². The first kappa shape index (κ1) is 12.1. The van der Waals surface area contributed by atoms with E-state index in [4.69, 9.17) is 5.73 Å². The molecular formula is C11H22N2S. The molecule has 0 bridgehead atoms. The number of nitrogens with one attached hydrogen (secondary N) is 1. The van der Waals surface area contributed by atoms with Crippen molar-refractivity contribution in [2.24, 2.45) is 5.73 Å². The first-order chi connectivity index (χ1) is 6.83. The van der Waals surface area contributed by atoms with Gasteiger partial charge in [0.2, 0.25) is 0 Å². The molecule has 0 atom stereocenters. The number of thioether (sulfide) groups is 1. The van der Waals surface area contributed by atoms with Gasteiger partial charge in [-0.1, -0.05) is 6.08 Å². The molecule has 2 nitrogen and oxygen atoms in total. The third-order valence-corrected chi connectivity index (χ3v) is 3.65. The number of hydrogen-bond donors (Lipinski definition) is 2. The third-order valence-electron chi connectivity index (χ3n) is 2.69. The fourth-order valence-electron chi connectivity index (χ4n) is 1.83. The van der Waals surface area contributed by atoms with Crippen molar-refractivity contribution in [3.8, 4) is 0 Å². The maximum Gasteiger partial charge on any atom is 0.0111 e. The molecule has 0 heterocycles. The predicted molar refractivity (Wildman–Crippen MR) is 65.8 cm³/mol. The van der Waals surface area contributed by atoms with E-state index in [2.05, 4.69) is 11.9 Å². The lowest BCUT2D eigenvalue weighted by molar-refractivity contribution is 0.348. The Morgan fingerprint density at radius 3 is 2.71 bits per heavy atom. The van der Waals surface area contributed by atoms with E-state index in [0.717, 1.165) is 18.3 Å². The van der Waals surface area contributed by atoms with Crippen LogP contribution in [0.2, 0.25) is 0 Å². The molecule has 0 amide bonds. The van der Waals surface area contributed by atoms with Gasteiger partial charge in [0, 0.05) is 30.1 Å². The molecule has 1 aliphatic rings. The van der Waals surface area contributed by atoms with Crippen molar-refractivity contribution in [2.45, 2.75) is 37.8 Å². The molecule has 14 heavy (non-hydrogen) atoms. The van der Waals surface area contributed by atoms with Crippen molar-refractivity contribution in [1.29, 1.82) is 0 Å². The second-order valence-corrected chi connectivity index (χ2v) is 5.08. The second kappa shape index (κ2) is 7.32. The van der Waals surface area contributed by atoms with Crippen LogP contribution in [-0.2, 0) is 0 Å². The van der Waals surface area contributed by atoms with Crippen molar-refractivity contribution < 1.29 is 0 Å². The molecule has 3 heteroatoms. The van der Waals surface area contributed by atoms with Gasteiger partial charge in [-0.15, -0.1) is 6.58 Å². The Kier molecular flexibility index (Phi) is 6.32. The largest absolute Gasteiger partial charge is 0.328 e. The lowest BCUT2D eigenvalue weighted by atomic mass is 9.92. The van der Waals surface area contributed by atoms with Crippen LogP contribution in [-0.4, -0.2) is 30.1 Å². The van der Waals surface area contributed by atoms with E-state index in [1.807, 2.05) is 17.8 Å². The summed E-state index contributed by atoms with van der Waals surface area (Å²) >= 11 is 1.94. The molecule has 0 aliphatic heterocycles. The summed E-state index contributed by atoms with van der Waals surface area (Å²) in [5, 5.41) is 3.59. The highest BCUT2D eigenvalue weighted by Crippen LogP contribution is 2.16. The van der Waals surface area contributed by atoms with Gasteiger partial charge < -0.3 is 11.1 Å². The highest BCUT2D eigenvalue weighted by atomic mass is 32.2. The second-order valence-electron chi connectivity index (χ2n) is 3.93. The molecule has 0 spiro atoms. The zero-order valence-corrected chi connectivity index (χ0v) is 9.69. The molecule has 0 aromatic heterocycles. The fraction of sp³-hybridized carbons (Fsp3) is 0.818. The molecule has 1 saturated carbocycles. The van der Waals surface area contributed by atoms with Crippen LogP contribution in [0.1, 0.15) is 25.7 Å². The topological polar surface area (TPSA) is 38.0 Å². The predicted octanol–water partition coefficient (Wildman–Crippen LogP) is 1.77. The molecule has 0 aromatic carbocycles. The maximum absolute atomic E-state index is 5.85. The molecule has 82 valence electrons. The summed E-state index contributed by atoms with van der Waals surface area (Å²) in [6.07, 6.45) is 6.86. The van der Waals surface area contributed by atoms with Crippen LogP contribution in [0.25, 0.3) is 0 Å². The minimum atomic E-state index is 0.461. The highest BCUT2D eigenvalue weighted by Gasteiger charge is 2.17. The Morgan fingerprint density at radius 1 is 1.36 bits per heavy atom. The average Bonchev–Trinajstić information content (AvgIpc) is 2.21. The van der Waals surface area contributed by atoms with Gasteiger partial charge in [0.05, 0.1) is 0 Å². The van der Waals surface area contributed by atoms with E-state index < -0.39 is 0 Å². The molecular weight excluding hydrogens is 192 g/mol. The SMILES string of the molecule is C=CCSCCNC1CCC(N)CC1. The molecule has 0 radical (unpaired) electrons. The van der Waals surface area contributed by atoms with E-state index in [9.17, 15) is 0 Å². The minimum Gasteiger partial charge on any atom is -0.328 e. The quantitative estimate of drug-likeness (QED) is 0.523. The standard InChI is InChI=1S/C11H22N2S/c1-2-8-14-9-7-13-11-5-3-10(12)4-6-11/h2,10-11,13H,1,3-9,12H2. The van der Waals surface area contributed by atoms with Crippen LogP contribution < -0.4 is 11.1 Å². The summed E-state index contributed by atoms with van der Waals surface area (Å²) < 4.78 is 0. The summed E-state index contributed by atoms with van der Waals surface area (Å²) in [5.41, 5.74) is 5.85. The molecule has 1 aliphatic carbocycles. The smallest absolute Gasteiger partial charge is 0.0111 e. The monoisotopic (exact) mass is 214 g/mol. The molecule has 3 N–H and O–H groups in total. The Bertz CT molecular complexity index is 153. The molecule has 0 unspecified atom stereocenters. The van der Waals surface area contributed by atoms with Crippen molar-refractivity contribution in [2.75, 3.05) is 18.1 Å². The van der Waals surface area contributed by atoms with Crippen LogP contribution in [0.3, 0.4) is 0 Å². The lowest BCUT2D eigenvalue weighted by Gasteiger charge is -2.26. The minimum absolute atomic E-state index is 0.461.